The van der Waals surface area contributed by atoms with E-state index in [0.29, 0.717) is 5.56 Å². The molecule has 0 aliphatic carbocycles. The second-order valence-electron chi connectivity index (χ2n) is 2.37. The molecule has 1 rings (SSSR count). The molecular weight excluding hydrogens is 171 g/mol. The van der Waals surface area contributed by atoms with Gasteiger partial charge in [0.25, 0.3) is 6.36 Å². The molecular formula is C10H9FO2. The Morgan fingerprint density at radius 1 is 1.46 bits per heavy atom. The molecule has 13 heavy (non-hydrogen) atoms. The van der Waals surface area contributed by atoms with E-state index in [2.05, 4.69) is 11.3 Å². The van der Waals surface area contributed by atoms with Gasteiger partial charge in [-0.05, 0) is 0 Å². The summed E-state index contributed by atoms with van der Waals surface area (Å²) in [5.74, 6) is -0.767. The molecule has 1 aromatic rings. The number of carbonyl (C=O) groups excluding carboxylic acids is 1. The van der Waals surface area contributed by atoms with Crippen LogP contribution >= 0.6 is 0 Å². The summed E-state index contributed by atoms with van der Waals surface area (Å²) in [5.41, 5.74) is 0.317. The minimum Gasteiger partial charge on any atom is -0.424 e. The molecule has 0 bridgehead atoms. The van der Waals surface area contributed by atoms with Crippen LogP contribution in [0.1, 0.15) is 11.9 Å². The minimum atomic E-state index is -1.72. The molecule has 0 aliphatic heterocycles. The number of benzene rings is 1. The van der Waals surface area contributed by atoms with Crippen LogP contribution in [0.3, 0.4) is 0 Å². The normalized spacial score (nSPS) is 11.8. The van der Waals surface area contributed by atoms with Crippen LogP contribution in [0, 0.1) is 0 Å². The lowest BCUT2D eigenvalue weighted by molar-refractivity contribution is -0.152. The summed E-state index contributed by atoms with van der Waals surface area (Å²) in [4.78, 5) is 10.6. The smallest absolute Gasteiger partial charge is 0.332 e. The fourth-order valence-corrected chi connectivity index (χ4v) is 0.822. The highest BCUT2D eigenvalue weighted by Crippen LogP contribution is 2.18. The third-order valence-corrected chi connectivity index (χ3v) is 1.45. The van der Waals surface area contributed by atoms with E-state index < -0.39 is 12.3 Å². The maximum Gasteiger partial charge on any atom is 0.332 e. The summed E-state index contributed by atoms with van der Waals surface area (Å²) >= 11 is 0. The summed E-state index contributed by atoms with van der Waals surface area (Å²) in [7, 11) is 0. The molecule has 68 valence electrons. The molecule has 0 radical (unpaired) electrons. The standard InChI is InChI=1S/C10H9FO2/c1-2-9(12)13-10(11)8-6-4-3-5-7-8/h2-7,10H,1H2. The van der Waals surface area contributed by atoms with Crippen molar-refractivity contribution in [2.24, 2.45) is 0 Å². The second-order valence-corrected chi connectivity index (χ2v) is 2.37. The van der Waals surface area contributed by atoms with Crippen LogP contribution in [-0.4, -0.2) is 5.97 Å². The van der Waals surface area contributed by atoms with E-state index in [1.165, 1.54) is 0 Å². The molecule has 1 unspecified atom stereocenters. The van der Waals surface area contributed by atoms with Crippen LogP contribution in [0.15, 0.2) is 43.0 Å². The Bertz CT molecular complexity index is 295. The van der Waals surface area contributed by atoms with Gasteiger partial charge in [0.15, 0.2) is 0 Å². The van der Waals surface area contributed by atoms with Crippen molar-refractivity contribution >= 4 is 5.97 Å². The topological polar surface area (TPSA) is 26.3 Å². The molecule has 1 atom stereocenters. The Balaban J connectivity index is 2.63. The van der Waals surface area contributed by atoms with Gasteiger partial charge in [0.2, 0.25) is 0 Å². The van der Waals surface area contributed by atoms with Crippen molar-refractivity contribution in [3.63, 3.8) is 0 Å². The lowest BCUT2D eigenvalue weighted by Crippen LogP contribution is -2.04. The zero-order chi connectivity index (χ0) is 9.68. The Hall–Kier alpha value is -1.64. The van der Waals surface area contributed by atoms with Crippen LogP contribution in [0.5, 0.6) is 0 Å². The first-order valence-corrected chi connectivity index (χ1v) is 3.76. The number of hydrogen-bond donors (Lipinski definition) is 0. The molecule has 0 amide bonds. The van der Waals surface area contributed by atoms with Gasteiger partial charge in [0, 0.05) is 11.6 Å². The highest BCUT2D eigenvalue weighted by Gasteiger charge is 2.11. The molecule has 0 saturated carbocycles. The first-order chi connectivity index (χ1) is 6.24. The van der Waals surface area contributed by atoms with E-state index >= 15 is 0 Å². The Morgan fingerprint density at radius 3 is 2.62 bits per heavy atom. The number of ether oxygens (including phenoxy) is 1. The zero-order valence-electron chi connectivity index (χ0n) is 6.94. The van der Waals surface area contributed by atoms with Crippen molar-refractivity contribution < 1.29 is 13.9 Å². The first kappa shape index (κ1) is 9.45. The van der Waals surface area contributed by atoms with Crippen LogP contribution in [0.4, 0.5) is 4.39 Å². The summed E-state index contributed by atoms with van der Waals surface area (Å²) in [5, 5.41) is 0. The number of carbonyl (C=O) groups is 1. The fraction of sp³-hybridized carbons (Fsp3) is 0.100. The monoisotopic (exact) mass is 180 g/mol. The van der Waals surface area contributed by atoms with Gasteiger partial charge < -0.3 is 4.74 Å². The number of hydrogen-bond acceptors (Lipinski definition) is 2. The SMILES string of the molecule is C=CC(=O)OC(F)c1ccccc1. The van der Waals surface area contributed by atoms with Gasteiger partial charge in [-0.3, -0.25) is 0 Å². The highest BCUT2D eigenvalue weighted by molar-refractivity contribution is 5.81. The molecule has 0 spiro atoms. The van der Waals surface area contributed by atoms with Crippen molar-refractivity contribution in [1.82, 2.24) is 0 Å². The Labute approximate surface area is 75.6 Å². The van der Waals surface area contributed by atoms with E-state index in [0.717, 1.165) is 6.08 Å². The fourth-order valence-electron chi connectivity index (χ4n) is 0.822. The van der Waals surface area contributed by atoms with Gasteiger partial charge >= 0.3 is 5.97 Å². The molecule has 0 heterocycles. The number of rotatable bonds is 3. The quantitative estimate of drug-likeness (QED) is 0.527. The molecule has 0 aliphatic rings. The third-order valence-electron chi connectivity index (χ3n) is 1.45. The van der Waals surface area contributed by atoms with Crippen LogP contribution in [0.25, 0.3) is 0 Å². The Morgan fingerprint density at radius 2 is 2.08 bits per heavy atom. The van der Waals surface area contributed by atoms with Gasteiger partial charge in [-0.25, -0.2) is 4.79 Å². The second kappa shape index (κ2) is 4.40. The van der Waals surface area contributed by atoms with Crippen LogP contribution in [0.2, 0.25) is 0 Å². The van der Waals surface area contributed by atoms with Gasteiger partial charge in [0.05, 0.1) is 0 Å². The van der Waals surface area contributed by atoms with E-state index in [-0.39, 0.29) is 0 Å². The lowest BCUT2D eigenvalue weighted by atomic mass is 10.2. The highest BCUT2D eigenvalue weighted by atomic mass is 19.1. The van der Waals surface area contributed by atoms with E-state index in [1.54, 1.807) is 30.3 Å². The number of esters is 1. The number of halogens is 1. The summed E-state index contributed by atoms with van der Waals surface area (Å²) < 4.78 is 17.4. The lowest BCUT2D eigenvalue weighted by Gasteiger charge is -2.07. The minimum absolute atomic E-state index is 0.317. The average Bonchev–Trinajstić information content (AvgIpc) is 2.19. The predicted octanol–water partition coefficient (Wildman–Crippen LogP) is 2.38. The van der Waals surface area contributed by atoms with Crippen LogP contribution in [-0.2, 0) is 9.53 Å². The van der Waals surface area contributed by atoms with Gasteiger partial charge in [0.1, 0.15) is 0 Å². The van der Waals surface area contributed by atoms with Gasteiger partial charge in [-0.2, -0.15) is 4.39 Å². The number of alkyl halides is 1. The van der Waals surface area contributed by atoms with Crippen molar-refractivity contribution in [1.29, 1.82) is 0 Å². The van der Waals surface area contributed by atoms with Crippen LogP contribution < -0.4 is 0 Å². The molecule has 2 nitrogen and oxygen atoms in total. The summed E-state index contributed by atoms with van der Waals surface area (Å²) in [6.45, 7) is 3.17. The molecule has 0 N–H and O–H groups in total. The first-order valence-electron chi connectivity index (χ1n) is 3.76. The van der Waals surface area contributed by atoms with Gasteiger partial charge in [-0.15, -0.1) is 0 Å². The van der Waals surface area contributed by atoms with E-state index in [9.17, 15) is 9.18 Å². The maximum atomic E-state index is 13.1. The van der Waals surface area contributed by atoms with Crippen molar-refractivity contribution in [3.8, 4) is 0 Å². The largest absolute Gasteiger partial charge is 0.424 e. The molecule has 3 heteroatoms. The summed E-state index contributed by atoms with van der Waals surface area (Å²) in [6.07, 6.45) is -0.790. The Kier molecular flexibility index (Phi) is 3.20. The van der Waals surface area contributed by atoms with E-state index in [1.807, 2.05) is 0 Å². The zero-order valence-corrected chi connectivity index (χ0v) is 6.94. The molecule has 0 saturated heterocycles. The van der Waals surface area contributed by atoms with Crippen molar-refractivity contribution in [2.75, 3.05) is 0 Å². The maximum absolute atomic E-state index is 13.1. The van der Waals surface area contributed by atoms with Gasteiger partial charge in [-0.1, -0.05) is 36.9 Å². The third kappa shape index (κ3) is 2.71. The molecule has 0 fully saturated rings. The van der Waals surface area contributed by atoms with Crippen molar-refractivity contribution in [2.45, 2.75) is 6.36 Å². The molecule has 1 aromatic carbocycles. The predicted molar refractivity (Wildman–Crippen MR) is 46.6 cm³/mol. The molecule has 0 aromatic heterocycles. The summed E-state index contributed by atoms with van der Waals surface area (Å²) in [6, 6.07) is 8.18. The van der Waals surface area contributed by atoms with E-state index in [4.69, 9.17) is 0 Å². The van der Waals surface area contributed by atoms with Crippen molar-refractivity contribution in [3.05, 3.63) is 48.6 Å². The average molecular weight is 180 g/mol.